The summed E-state index contributed by atoms with van der Waals surface area (Å²) in [6, 6.07) is 0. The second-order valence-corrected chi connectivity index (χ2v) is 6.26. The summed E-state index contributed by atoms with van der Waals surface area (Å²) in [7, 11) is -3.85. The van der Waals surface area contributed by atoms with Crippen molar-refractivity contribution in [2.45, 2.75) is 32.2 Å². The molecule has 0 fully saturated rings. The number of aromatic carboxylic acids is 1. The maximum atomic E-state index is 12.4. The van der Waals surface area contributed by atoms with Gasteiger partial charge in [-0.1, -0.05) is 27.2 Å². The molecule has 1 aromatic rings. The van der Waals surface area contributed by atoms with Crippen LogP contribution in [0.5, 0.6) is 0 Å². The Balaban J connectivity index is 3.14. The van der Waals surface area contributed by atoms with Crippen LogP contribution in [0.2, 0.25) is 0 Å². The molecule has 1 aromatic heterocycles. The fraction of sp³-hybridized carbons (Fsp3) is 0.636. The van der Waals surface area contributed by atoms with Crippen LogP contribution in [0.4, 0.5) is 0 Å². The van der Waals surface area contributed by atoms with E-state index < -0.39 is 16.0 Å². The van der Waals surface area contributed by atoms with Crippen LogP contribution in [0.25, 0.3) is 0 Å². The van der Waals surface area contributed by atoms with Gasteiger partial charge in [-0.25, -0.2) is 13.2 Å². The number of aromatic amines is 1. The number of hydrogen-bond acceptors (Lipinski definition) is 4. The topological polar surface area (TPSA) is 103 Å². The summed E-state index contributed by atoms with van der Waals surface area (Å²) in [6.07, 6.45) is 1.85. The Labute approximate surface area is 112 Å². The minimum Gasteiger partial charge on any atom is -0.478 e. The van der Waals surface area contributed by atoms with E-state index in [-0.39, 0.29) is 23.1 Å². The molecule has 0 amide bonds. The number of carboxylic acids is 1. The van der Waals surface area contributed by atoms with Gasteiger partial charge in [0.05, 0.1) is 6.20 Å². The molecule has 0 aromatic carbocycles. The van der Waals surface area contributed by atoms with E-state index >= 15 is 0 Å². The molecule has 1 atom stereocenters. The second-order valence-electron chi connectivity index (χ2n) is 4.39. The van der Waals surface area contributed by atoms with Gasteiger partial charge in [0.1, 0.15) is 5.56 Å². The maximum absolute atomic E-state index is 12.4. The van der Waals surface area contributed by atoms with Crippen LogP contribution in [-0.4, -0.2) is 47.1 Å². The number of carbonyl (C=O) groups is 1. The zero-order valence-corrected chi connectivity index (χ0v) is 12.1. The van der Waals surface area contributed by atoms with Gasteiger partial charge in [0, 0.05) is 13.1 Å². The molecule has 19 heavy (non-hydrogen) atoms. The number of rotatable bonds is 7. The molecule has 2 N–H and O–H groups in total. The smallest absolute Gasteiger partial charge is 0.340 e. The first kappa shape index (κ1) is 15.6. The van der Waals surface area contributed by atoms with Crippen LogP contribution < -0.4 is 0 Å². The van der Waals surface area contributed by atoms with Gasteiger partial charge in [0.15, 0.2) is 5.03 Å². The van der Waals surface area contributed by atoms with E-state index in [0.29, 0.717) is 6.54 Å². The predicted molar refractivity (Wildman–Crippen MR) is 69.4 cm³/mol. The van der Waals surface area contributed by atoms with Gasteiger partial charge in [-0.3, -0.25) is 5.10 Å². The third-order valence-electron chi connectivity index (χ3n) is 3.00. The number of aromatic nitrogens is 2. The van der Waals surface area contributed by atoms with E-state index in [1.54, 1.807) is 6.92 Å². The lowest BCUT2D eigenvalue weighted by Crippen LogP contribution is -2.35. The molecule has 0 bridgehead atoms. The fourth-order valence-electron chi connectivity index (χ4n) is 1.63. The number of H-pyrrole nitrogens is 1. The molecule has 0 aliphatic carbocycles. The van der Waals surface area contributed by atoms with E-state index in [9.17, 15) is 13.2 Å². The lowest BCUT2D eigenvalue weighted by Gasteiger charge is -2.22. The Morgan fingerprint density at radius 2 is 2.16 bits per heavy atom. The normalized spacial score (nSPS) is 13.7. The summed E-state index contributed by atoms with van der Waals surface area (Å²) >= 11 is 0. The highest BCUT2D eigenvalue weighted by Gasteiger charge is 2.30. The van der Waals surface area contributed by atoms with Gasteiger partial charge in [-0.15, -0.1) is 0 Å². The van der Waals surface area contributed by atoms with Crippen LogP contribution in [0.15, 0.2) is 11.2 Å². The predicted octanol–water partition coefficient (Wildman–Crippen LogP) is 1.16. The SMILES string of the molecule is CCC(C)CN(CC)S(=O)(=O)c1[nH]ncc1C(=O)O. The first-order valence-corrected chi connectivity index (χ1v) is 7.55. The van der Waals surface area contributed by atoms with Crippen molar-refractivity contribution < 1.29 is 18.3 Å². The molecule has 0 saturated carbocycles. The fourth-order valence-corrected chi connectivity index (χ4v) is 3.26. The quantitative estimate of drug-likeness (QED) is 0.784. The first-order valence-electron chi connectivity index (χ1n) is 6.11. The lowest BCUT2D eigenvalue weighted by atomic mass is 10.1. The molecule has 0 radical (unpaired) electrons. The molecule has 1 unspecified atom stereocenters. The number of hydrogen-bond donors (Lipinski definition) is 2. The standard InChI is InChI=1S/C11H19N3O4S/c1-4-8(3)7-14(5-2)19(17,18)10-9(11(15)16)6-12-13-10/h6,8H,4-5,7H2,1-3H3,(H,12,13)(H,15,16). The molecule has 1 rings (SSSR count). The Hall–Kier alpha value is -1.41. The van der Waals surface area contributed by atoms with Gasteiger partial charge >= 0.3 is 5.97 Å². The van der Waals surface area contributed by atoms with Crippen molar-refractivity contribution in [3.8, 4) is 0 Å². The summed E-state index contributed by atoms with van der Waals surface area (Å²) in [5, 5.41) is 14.4. The summed E-state index contributed by atoms with van der Waals surface area (Å²) < 4.78 is 26.1. The summed E-state index contributed by atoms with van der Waals surface area (Å²) in [4.78, 5) is 11.0. The molecular weight excluding hydrogens is 270 g/mol. The molecule has 1 heterocycles. The molecule has 0 spiro atoms. The van der Waals surface area contributed by atoms with Gasteiger partial charge in [-0.05, 0) is 5.92 Å². The first-order chi connectivity index (χ1) is 8.84. The number of sulfonamides is 1. The van der Waals surface area contributed by atoms with E-state index in [0.717, 1.165) is 12.6 Å². The van der Waals surface area contributed by atoms with Crippen molar-refractivity contribution in [1.82, 2.24) is 14.5 Å². The van der Waals surface area contributed by atoms with E-state index in [1.165, 1.54) is 4.31 Å². The molecule has 0 aliphatic rings. The molecule has 108 valence electrons. The largest absolute Gasteiger partial charge is 0.478 e. The Morgan fingerprint density at radius 1 is 1.53 bits per heavy atom. The van der Waals surface area contributed by atoms with Gasteiger partial charge < -0.3 is 5.11 Å². The molecular formula is C11H19N3O4S. The summed E-state index contributed by atoms with van der Waals surface area (Å²) in [6.45, 7) is 6.28. The number of carboxylic acid groups (broad SMARTS) is 1. The molecule has 0 saturated heterocycles. The highest BCUT2D eigenvalue weighted by Crippen LogP contribution is 2.19. The third-order valence-corrected chi connectivity index (χ3v) is 4.91. The summed E-state index contributed by atoms with van der Waals surface area (Å²) in [5.41, 5.74) is -0.331. The van der Waals surface area contributed by atoms with Crippen LogP contribution in [0, 0.1) is 5.92 Å². The van der Waals surface area contributed by atoms with Gasteiger partial charge in [0.25, 0.3) is 10.0 Å². The monoisotopic (exact) mass is 289 g/mol. The van der Waals surface area contributed by atoms with Crippen molar-refractivity contribution in [2.24, 2.45) is 5.92 Å². The van der Waals surface area contributed by atoms with Crippen LogP contribution in [-0.2, 0) is 10.0 Å². The van der Waals surface area contributed by atoms with Crippen molar-refractivity contribution in [2.75, 3.05) is 13.1 Å². The zero-order chi connectivity index (χ0) is 14.6. The van der Waals surface area contributed by atoms with Gasteiger partial charge in [0.2, 0.25) is 0 Å². The van der Waals surface area contributed by atoms with Crippen LogP contribution >= 0.6 is 0 Å². The summed E-state index contributed by atoms with van der Waals surface area (Å²) in [5.74, 6) is -1.11. The molecule has 7 nitrogen and oxygen atoms in total. The Kier molecular flexibility index (Phi) is 5.07. The molecule has 8 heteroatoms. The maximum Gasteiger partial charge on any atom is 0.340 e. The van der Waals surface area contributed by atoms with Crippen molar-refractivity contribution in [1.29, 1.82) is 0 Å². The van der Waals surface area contributed by atoms with E-state index in [2.05, 4.69) is 10.2 Å². The van der Waals surface area contributed by atoms with Crippen LogP contribution in [0.1, 0.15) is 37.6 Å². The second kappa shape index (κ2) is 6.16. The van der Waals surface area contributed by atoms with Crippen LogP contribution in [0.3, 0.4) is 0 Å². The Bertz CT molecular complexity index is 538. The zero-order valence-electron chi connectivity index (χ0n) is 11.3. The average Bonchev–Trinajstić information content (AvgIpc) is 2.85. The lowest BCUT2D eigenvalue weighted by molar-refractivity contribution is 0.0692. The molecule has 0 aliphatic heterocycles. The highest BCUT2D eigenvalue weighted by atomic mass is 32.2. The van der Waals surface area contributed by atoms with Crippen molar-refractivity contribution in [3.05, 3.63) is 11.8 Å². The van der Waals surface area contributed by atoms with E-state index in [1.807, 2.05) is 13.8 Å². The van der Waals surface area contributed by atoms with Gasteiger partial charge in [-0.2, -0.15) is 9.40 Å². The number of nitrogens with one attached hydrogen (secondary N) is 1. The number of nitrogens with zero attached hydrogens (tertiary/aromatic N) is 2. The minimum atomic E-state index is -3.85. The minimum absolute atomic E-state index is 0.200. The van der Waals surface area contributed by atoms with Crippen molar-refractivity contribution >= 4 is 16.0 Å². The Morgan fingerprint density at radius 3 is 2.63 bits per heavy atom. The third kappa shape index (κ3) is 3.32. The average molecular weight is 289 g/mol. The highest BCUT2D eigenvalue weighted by molar-refractivity contribution is 7.89. The van der Waals surface area contributed by atoms with Crippen molar-refractivity contribution in [3.63, 3.8) is 0 Å². The van der Waals surface area contributed by atoms with E-state index in [4.69, 9.17) is 5.11 Å².